The van der Waals surface area contributed by atoms with E-state index in [2.05, 4.69) is 10.1 Å². The summed E-state index contributed by atoms with van der Waals surface area (Å²) in [6.45, 7) is -1.70. The van der Waals surface area contributed by atoms with E-state index < -0.39 is 24.6 Å². The van der Waals surface area contributed by atoms with Crippen LogP contribution < -0.4 is 10.1 Å². The van der Waals surface area contributed by atoms with Crippen molar-refractivity contribution in [2.75, 3.05) is 5.32 Å². The van der Waals surface area contributed by atoms with Gasteiger partial charge in [-0.05, 0) is 42.8 Å². The van der Waals surface area contributed by atoms with E-state index in [1.807, 2.05) is 0 Å². The minimum Gasteiger partial charge on any atom is -0.449 e. The maximum atomic E-state index is 12.4. The number of hydrogen-bond donors (Lipinski definition) is 1. The summed E-state index contributed by atoms with van der Waals surface area (Å²) in [6, 6.07) is 10.4. The Balaban J connectivity index is 1.95. The molecule has 0 saturated heterocycles. The van der Waals surface area contributed by atoms with Gasteiger partial charge in [0.15, 0.2) is 6.10 Å². The molecule has 0 spiro atoms. The number of ether oxygens (including phenoxy) is 2. The number of para-hydroxylation sites is 2. The third-order valence-electron chi connectivity index (χ3n) is 3.38. The van der Waals surface area contributed by atoms with E-state index in [0.29, 0.717) is 15.6 Å². The van der Waals surface area contributed by atoms with Crippen molar-refractivity contribution >= 4 is 46.8 Å². The Bertz CT molecular complexity index is 890. The zero-order valence-corrected chi connectivity index (χ0v) is 16.0. The van der Waals surface area contributed by atoms with Gasteiger partial charge in [0.25, 0.3) is 5.91 Å². The first-order chi connectivity index (χ1) is 13.3. The van der Waals surface area contributed by atoms with Crippen molar-refractivity contribution in [1.29, 1.82) is 0 Å². The first-order valence-electron chi connectivity index (χ1n) is 7.94. The molecule has 9 heteroatoms. The summed E-state index contributed by atoms with van der Waals surface area (Å²) in [5.41, 5.74) is 0.642. The van der Waals surface area contributed by atoms with Gasteiger partial charge in [0.1, 0.15) is 5.75 Å². The summed E-state index contributed by atoms with van der Waals surface area (Å²) in [6.07, 6.45) is 1.39. The van der Waals surface area contributed by atoms with Crippen molar-refractivity contribution < 1.29 is 27.8 Å². The summed E-state index contributed by atoms with van der Waals surface area (Å²) in [4.78, 5) is 24.0. The second-order valence-electron chi connectivity index (χ2n) is 5.45. The number of carbonyl (C=O) groups is 2. The van der Waals surface area contributed by atoms with E-state index in [1.165, 1.54) is 37.3 Å². The number of anilines is 1. The van der Waals surface area contributed by atoms with Crippen LogP contribution in [0.2, 0.25) is 10.0 Å². The molecule has 0 saturated carbocycles. The molecular weight excluding hydrogens is 415 g/mol. The topological polar surface area (TPSA) is 64.6 Å². The molecule has 1 amide bonds. The maximum Gasteiger partial charge on any atom is 0.387 e. The van der Waals surface area contributed by atoms with E-state index in [9.17, 15) is 18.4 Å². The standard InChI is InChI=1S/C19H15Cl2F2NO4/c1-11(18(26)24-15-4-2-3-5-16(15)28-19(22)23)27-17(25)9-7-12-6-8-13(20)14(21)10-12/h2-11,19H,1H3,(H,24,26)/b9-7+. The van der Waals surface area contributed by atoms with Crippen LogP contribution in [0.5, 0.6) is 5.75 Å². The summed E-state index contributed by atoms with van der Waals surface area (Å²) in [7, 11) is 0. The van der Waals surface area contributed by atoms with Gasteiger partial charge in [-0.2, -0.15) is 8.78 Å². The number of carbonyl (C=O) groups excluding carboxylic acids is 2. The summed E-state index contributed by atoms with van der Waals surface area (Å²) >= 11 is 11.7. The van der Waals surface area contributed by atoms with Crippen LogP contribution >= 0.6 is 23.2 Å². The van der Waals surface area contributed by atoms with Crippen LogP contribution in [0.4, 0.5) is 14.5 Å². The average Bonchev–Trinajstić information content (AvgIpc) is 2.63. The predicted octanol–water partition coefficient (Wildman–Crippen LogP) is 5.18. The fourth-order valence-corrected chi connectivity index (χ4v) is 2.36. The van der Waals surface area contributed by atoms with Gasteiger partial charge >= 0.3 is 12.6 Å². The first-order valence-corrected chi connectivity index (χ1v) is 8.70. The van der Waals surface area contributed by atoms with Crippen molar-refractivity contribution in [1.82, 2.24) is 0 Å². The normalized spacial score (nSPS) is 12.1. The van der Waals surface area contributed by atoms with E-state index in [1.54, 1.807) is 18.2 Å². The maximum absolute atomic E-state index is 12.4. The number of alkyl halides is 2. The van der Waals surface area contributed by atoms with E-state index in [0.717, 1.165) is 6.08 Å². The molecule has 0 fully saturated rings. The number of rotatable bonds is 7. The van der Waals surface area contributed by atoms with Gasteiger partial charge in [0.05, 0.1) is 15.7 Å². The molecule has 1 N–H and O–H groups in total. The Morgan fingerprint density at radius 2 is 1.82 bits per heavy atom. The van der Waals surface area contributed by atoms with Crippen LogP contribution in [-0.2, 0) is 14.3 Å². The van der Waals surface area contributed by atoms with Gasteiger partial charge in [0, 0.05) is 6.08 Å². The van der Waals surface area contributed by atoms with Gasteiger partial charge in [-0.15, -0.1) is 0 Å². The lowest BCUT2D eigenvalue weighted by Gasteiger charge is -2.15. The van der Waals surface area contributed by atoms with Crippen molar-refractivity contribution in [3.63, 3.8) is 0 Å². The molecule has 0 heterocycles. The molecular formula is C19H15Cl2F2NO4. The van der Waals surface area contributed by atoms with Crippen molar-refractivity contribution in [3.8, 4) is 5.75 Å². The largest absolute Gasteiger partial charge is 0.449 e. The van der Waals surface area contributed by atoms with E-state index in [-0.39, 0.29) is 11.4 Å². The molecule has 1 atom stereocenters. The second-order valence-corrected chi connectivity index (χ2v) is 6.26. The quantitative estimate of drug-likeness (QED) is 0.486. The lowest BCUT2D eigenvalue weighted by Crippen LogP contribution is -2.29. The molecule has 2 aromatic rings. The predicted molar refractivity (Wildman–Crippen MR) is 103 cm³/mol. The monoisotopic (exact) mass is 429 g/mol. The van der Waals surface area contributed by atoms with Crippen LogP contribution in [-0.4, -0.2) is 24.6 Å². The Kier molecular flexibility index (Phi) is 7.78. The molecule has 0 radical (unpaired) electrons. The van der Waals surface area contributed by atoms with Crippen molar-refractivity contribution in [3.05, 3.63) is 64.1 Å². The zero-order chi connectivity index (χ0) is 20.7. The fourth-order valence-electron chi connectivity index (χ4n) is 2.05. The highest BCUT2D eigenvalue weighted by molar-refractivity contribution is 6.42. The highest BCUT2D eigenvalue weighted by atomic mass is 35.5. The Morgan fingerprint density at radius 1 is 1.11 bits per heavy atom. The number of benzene rings is 2. The van der Waals surface area contributed by atoms with E-state index in [4.69, 9.17) is 27.9 Å². The molecule has 2 rings (SSSR count). The van der Waals surface area contributed by atoms with Crippen LogP contribution in [0, 0.1) is 0 Å². The SMILES string of the molecule is CC(OC(=O)/C=C/c1ccc(Cl)c(Cl)c1)C(=O)Nc1ccccc1OC(F)F. The molecule has 148 valence electrons. The van der Waals surface area contributed by atoms with Crippen LogP contribution in [0.3, 0.4) is 0 Å². The average molecular weight is 430 g/mol. The van der Waals surface area contributed by atoms with Gasteiger partial charge in [0.2, 0.25) is 0 Å². The zero-order valence-electron chi connectivity index (χ0n) is 14.5. The summed E-state index contributed by atoms with van der Waals surface area (Å²) in [5, 5.41) is 3.08. The second kappa shape index (κ2) is 10.1. The molecule has 0 aliphatic heterocycles. The van der Waals surface area contributed by atoms with Crippen LogP contribution in [0.15, 0.2) is 48.5 Å². The highest BCUT2D eigenvalue weighted by Crippen LogP contribution is 2.26. The molecule has 0 bridgehead atoms. The first kappa shape index (κ1) is 21.7. The highest BCUT2D eigenvalue weighted by Gasteiger charge is 2.19. The molecule has 5 nitrogen and oxygen atoms in total. The molecule has 0 aliphatic rings. The third kappa shape index (κ3) is 6.51. The third-order valence-corrected chi connectivity index (χ3v) is 4.12. The Morgan fingerprint density at radius 3 is 2.50 bits per heavy atom. The minimum atomic E-state index is -3.04. The smallest absolute Gasteiger partial charge is 0.387 e. The lowest BCUT2D eigenvalue weighted by molar-refractivity contribution is -0.148. The number of hydrogen-bond acceptors (Lipinski definition) is 4. The van der Waals surface area contributed by atoms with E-state index >= 15 is 0 Å². The van der Waals surface area contributed by atoms with Gasteiger partial charge in [-0.3, -0.25) is 4.79 Å². The Labute approximate surface area is 169 Å². The fraction of sp³-hybridized carbons (Fsp3) is 0.158. The van der Waals surface area contributed by atoms with Gasteiger partial charge in [-0.1, -0.05) is 41.4 Å². The summed E-state index contributed by atoms with van der Waals surface area (Å²) < 4.78 is 34.1. The van der Waals surface area contributed by atoms with Crippen LogP contribution in [0.25, 0.3) is 6.08 Å². The number of nitrogens with one attached hydrogen (secondary N) is 1. The minimum absolute atomic E-state index is 0.0297. The lowest BCUT2D eigenvalue weighted by atomic mass is 10.2. The van der Waals surface area contributed by atoms with Crippen LogP contribution in [0.1, 0.15) is 12.5 Å². The number of amides is 1. The number of esters is 1. The van der Waals surface area contributed by atoms with Crippen molar-refractivity contribution in [2.45, 2.75) is 19.6 Å². The molecule has 0 aliphatic carbocycles. The number of halogens is 4. The molecule has 2 aromatic carbocycles. The molecule has 0 aromatic heterocycles. The van der Waals surface area contributed by atoms with Gasteiger partial charge < -0.3 is 14.8 Å². The molecule has 28 heavy (non-hydrogen) atoms. The molecule has 1 unspecified atom stereocenters. The van der Waals surface area contributed by atoms with Crippen molar-refractivity contribution in [2.24, 2.45) is 0 Å². The Hall–Kier alpha value is -2.64. The summed E-state index contributed by atoms with van der Waals surface area (Å²) in [5.74, 6) is -1.68. The van der Waals surface area contributed by atoms with Gasteiger partial charge in [-0.25, -0.2) is 4.79 Å².